The summed E-state index contributed by atoms with van der Waals surface area (Å²) >= 11 is 0. The smallest absolute Gasteiger partial charge is 0.0991 e. The van der Waals surface area contributed by atoms with Crippen molar-refractivity contribution >= 4 is 10.8 Å². The van der Waals surface area contributed by atoms with Gasteiger partial charge in [0.1, 0.15) is 0 Å². The van der Waals surface area contributed by atoms with E-state index in [1.165, 1.54) is 16.3 Å². The highest BCUT2D eigenvalue weighted by atomic mass is 14.7. The first-order chi connectivity index (χ1) is 17.8. The molecule has 0 saturated carbocycles. The summed E-state index contributed by atoms with van der Waals surface area (Å²) in [4.78, 5) is 5.03. The molecule has 0 aliphatic carbocycles. The average molecular weight is 459 g/mol. The van der Waals surface area contributed by atoms with Crippen molar-refractivity contribution in [1.82, 2.24) is 4.98 Å². The molecule has 0 aliphatic rings. The van der Waals surface area contributed by atoms with Crippen LogP contribution in [-0.4, -0.2) is 4.98 Å². The summed E-state index contributed by atoms with van der Waals surface area (Å²) in [5, 5.41) is 11.6. The number of benzene rings is 5. The molecule has 2 nitrogen and oxygen atoms in total. The summed E-state index contributed by atoms with van der Waals surface area (Å²) in [6.07, 6.45) is 0. The second kappa shape index (κ2) is 9.33. The van der Waals surface area contributed by atoms with Crippen LogP contribution in [0.4, 0.5) is 0 Å². The number of nitriles is 1. The van der Waals surface area contributed by atoms with Gasteiger partial charge >= 0.3 is 0 Å². The van der Waals surface area contributed by atoms with Gasteiger partial charge in [0.2, 0.25) is 0 Å². The minimum atomic E-state index is 0.665. The SMILES string of the molecule is N#Cc1ccc(-c2ccc(-c3cc(-c4ccccc4)nc(-c4ccccc4)c3)c3ccccc23)cc1. The quantitative estimate of drug-likeness (QED) is 0.265. The van der Waals surface area contributed by atoms with Crippen molar-refractivity contribution in [2.75, 3.05) is 0 Å². The summed E-state index contributed by atoms with van der Waals surface area (Å²) in [7, 11) is 0. The van der Waals surface area contributed by atoms with Gasteiger partial charge in [-0.25, -0.2) is 4.98 Å². The van der Waals surface area contributed by atoms with Gasteiger partial charge < -0.3 is 0 Å². The van der Waals surface area contributed by atoms with Crippen LogP contribution in [0.5, 0.6) is 0 Å². The van der Waals surface area contributed by atoms with E-state index in [1.54, 1.807) is 0 Å². The summed E-state index contributed by atoms with van der Waals surface area (Å²) in [6, 6.07) is 47.9. The normalized spacial score (nSPS) is 10.8. The Labute approximate surface area is 210 Å². The second-order valence-corrected chi connectivity index (χ2v) is 8.75. The molecule has 0 aliphatic heterocycles. The lowest BCUT2D eigenvalue weighted by Crippen LogP contribution is -1.92. The Kier molecular flexibility index (Phi) is 5.58. The molecule has 2 heteroatoms. The topological polar surface area (TPSA) is 36.7 Å². The van der Waals surface area contributed by atoms with Gasteiger partial charge in [0.25, 0.3) is 0 Å². The maximum absolute atomic E-state index is 9.19. The molecule has 0 unspecified atom stereocenters. The molecule has 0 radical (unpaired) electrons. The molecule has 0 fully saturated rings. The van der Waals surface area contributed by atoms with Gasteiger partial charge in [-0.2, -0.15) is 5.26 Å². The third-order valence-corrected chi connectivity index (χ3v) is 6.52. The highest BCUT2D eigenvalue weighted by molar-refractivity contribution is 6.05. The van der Waals surface area contributed by atoms with Crippen LogP contribution in [-0.2, 0) is 0 Å². The van der Waals surface area contributed by atoms with E-state index in [2.05, 4.69) is 78.9 Å². The first-order valence-electron chi connectivity index (χ1n) is 12.0. The van der Waals surface area contributed by atoms with Crippen molar-refractivity contribution in [3.8, 4) is 50.8 Å². The Morgan fingerprint density at radius 3 is 1.42 bits per heavy atom. The highest BCUT2D eigenvalue weighted by Crippen LogP contribution is 2.38. The molecule has 0 saturated heterocycles. The zero-order valence-corrected chi connectivity index (χ0v) is 19.6. The van der Waals surface area contributed by atoms with Crippen LogP contribution in [0.25, 0.3) is 55.5 Å². The van der Waals surface area contributed by atoms with Gasteiger partial charge in [-0.05, 0) is 57.3 Å². The zero-order valence-electron chi connectivity index (χ0n) is 19.6. The number of nitrogens with zero attached hydrogens (tertiary/aromatic N) is 2. The van der Waals surface area contributed by atoms with E-state index in [9.17, 15) is 5.26 Å². The van der Waals surface area contributed by atoms with Crippen LogP contribution in [0.15, 0.2) is 133 Å². The van der Waals surface area contributed by atoms with E-state index in [4.69, 9.17) is 4.98 Å². The van der Waals surface area contributed by atoms with Crippen molar-refractivity contribution in [2.45, 2.75) is 0 Å². The molecule has 0 amide bonds. The minimum Gasteiger partial charge on any atom is -0.248 e. The van der Waals surface area contributed by atoms with Crippen molar-refractivity contribution < 1.29 is 0 Å². The number of pyridine rings is 1. The lowest BCUT2D eigenvalue weighted by atomic mass is 9.91. The summed E-state index contributed by atoms with van der Waals surface area (Å²) in [5.74, 6) is 0. The number of hydrogen-bond donors (Lipinski definition) is 0. The Balaban J connectivity index is 1.57. The molecule has 1 aromatic heterocycles. The molecular formula is C34H22N2. The van der Waals surface area contributed by atoms with Gasteiger partial charge in [0.15, 0.2) is 0 Å². The predicted octanol–water partition coefficient (Wildman–Crippen LogP) is 8.77. The first kappa shape index (κ1) is 21.5. The van der Waals surface area contributed by atoms with E-state index in [0.717, 1.165) is 39.2 Å². The Bertz CT molecular complexity index is 1650. The van der Waals surface area contributed by atoms with Crippen LogP contribution >= 0.6 is 0 Å². The standard InChI is InChI=1S/C34H22N2/c35-23-24-15-17-25(18-16-24)29-19-20-30(32-14-8-7-13-31(29)32)28-21-33(26-9-3-1-4-10-26)36-34(22-28)27-11-5-2-6-12-27/h1-22H. The number of fused-ring (bicyclic) bond motifs is 1. The molecule has 0 N–H and O–H groups in total. The molecule has 6 rings (SSSR count). The summed E-state index contributed by atoms with van der Waals surface area (Å²) in [5.41, 5.74) is 9.30. The van der Waals surface area contributed by atoms with E-state index >= 15 is 0 Å². The van der Waals surface area contributed by atoms with Crippen molar-refractivity contribution in [1.29, 1.82) is 5.26 Å². The predicted molar refractivity (Wildman–Crippen MR) is 148 cm³/mol. The van der Waals surface area contributed by atoms with E-state index in [-0.39, 0.29) is 0 Å². The Morgan fingerprint density at radius 2 is 0.917 bits per heavy atom. The van der Waals surface area contributed by atoms with Crippen LogP contribution in [0, 0.1) is 11.3 Å². The molecule has 0 spiro atoms. The molecular weight excluding hydrogens is 436 g/mol. The zero-order chi connectivity index (χ0) is 24.3. The molecule has 1 heterocycles. The van der Waals surface area contributed by atoms with Crippen LogP contribution in [0.3, 0.4) is 0 Å². The van der Waals surface area contributed by atoms with Gasteiger partial charge in [-0.3, -0.25) is 0 Å². The molecule has 36 heavy (non-hydrogen) atoms. The van der Waals surface area contributed by atoms with Crippen molar-refractivity contribution in [2.24, 2.45) is 0 Å². The molecule has 0 atom stereocenters. The summed E-state index contributed by atoms with van der Waals surface area (Å²) in [6.45, 7) is 0. The summed E-state index contributed by atoms with van der Waals surface area (Å²) < 4.78 is 0. The Morgan fingerprint density at radius 1 is 0.444 bits per heavy atom. The maximum atomic E-state index is 9.19. The van der Waals surface area contributed by atoms with Gasteiger partial charge in [0, 0.05) is 11.1 Å². The van der Waals surface area contributed by atoms with E-state index in [0.29, 0.717) is 5.56 Å². The highest BCUT2D eigenvalue weighted by Gasteiger charge is 2.13. The second-order valence-electron chi connectivity index (χ2n) is 8.75. The maximum Gasteiger partial charge on any atom is 0.0991 e. The van der Waals surface area contributed by atoms with E-state index < -0.39 is 0 Å². The monoisotopic (exact) mass is 458 g/mol. The van der Waals surface area contributed by atoms with Crippen LogP contribution in [0.2, 0.25) is 0 Å². The number of aromatic nitrogens is 1. The van der Waals surface area contributed by atoms with Crippen molar-refractivity contribution in [3.63, 3.8) is 0 Å². The van der Waals surface area contributed by atoms with Gasteiger partial charge in [0.05, 0.1) is 23.0 Å². The lowest BCUT2D eigenvalue weighted by molar-refractivity contribution is 1.32. The van der Waals surface area contributed by atoms with E-state index in [1.807, 2.05) is 60.7 Å². The fourth-order valence-corrected chi connectivity index (χ4v) is 4.73. The number of hydrogen-bond acceptors (Lipinski definition) is 2. The van der Waals surface area contributed by atoms with Crippen LogP contribution in [0.1, 0.15) is 5.56 Å². The fraction of sp³-hybridized carbons (Fsp3) is 0. The molecule has 5 aromatic carbocycles. The van der Waals surface area contributed by atoms with Crippen LogP contribution < -0.4 is 0 Å². The minimum absolute atomic E-state index is 0.665. The number of rotatable bonds is 4. The van der Waals surface area contributed by atoms with Gasteiger partial charge in [-0.1, -0.05) is 109 Å². The third-order valence-electron chi connectivity index (χ3n) is 6.52. The molecule has 168 valence electrons. The van der Waals surface area contributed by atoms with Gasteiger partial charge in [-0.15, -0.1) is 0 Å². The Hall–Kier alpha value is -5.00. The first-order valence-corrected chi connectivity index (χ1v) is 12.0. The lowest BCUT2D eigenvalue weighted by Gasteiger charge is -2.14. The average Bonchev–Trinajstić information content (AvgIpc) is 2.97. The molecule has 6 aromatic rings. The van der Waals surface area contributed by atoms with Crippen molar-refractivity contribution in [3.05, 3.63) is 139 Å². The fourth-order valence-electron chi connectivity index (χ4n) is 4.73. The third kappa shape index (κ3) is 4.04. The largest absolute Gasteiger partial charge is 0.248 e. The molecule has 0 bridgehead atoms.